The van der Waals surface area contributed by atoms with E-state index in [4.69, 9.17) is 0 Å². The fourth-order valence-corrected chi connectivity index (χ4v) is 3.05. The standard InChI is InChI=1S/C12H12N4OS/c1-16(2)7-4-3-5-13-12-8(7)9-10(18-12)11(17)15-6-14-9/h3-4,6H,5H2,1-2H3,(H,14,15,17). The molecule has 0 aliphatic carbocycles. The third kappa shape index (κ3) is 1.57. The maximum Gasteiger partial charge on any atom is 0.268 e. The number of aromatic amines is 1. The van der Waals surface area contributed by atoms with Gasteiger partial charge in [-0.25, -0.2) is 4.98 Å². The van der Waals surface area contributed by atoms with Gasteiger partial charge < -0.3 is 9.88 Å². The molecule has 3 rings (SSSR count). The highest BCUT2D eigenvalue weighted by atomic mass is 32.1. The zero-order valence-electron chi connectivity index (χ0n) is 10.1. The SMILES string of the molecule is CN(C)C1=c2c(sc3c(=O)[nH]cnc23)=NCC=C1. The largest absolute Gasteiger partial charge is 0.377 e. The molecule has 0 aromatic carbocycles. The molecule has 0 saturated heterocycles. The first-order valence-corrected chi connectivity index (χ1v) is 6.39. The number of hydrogen-bond acceptors (Lipinski definition) is 5. The number of H-pyrrole nitrogens is 1. The summed E-state index contributed by atoms with van der Waals surface area (Å²) in [6.07, 6.45) is 5.49. The number of nitrogens with one attached hydrogen (secondary N) is 1. The van der Waals surface area contributed by atoms with Crippen LogP contribution in [0.15, 0.2) is 28.3 Å². The van der Waals surface area contributed by atoms with Crippen molar-refractivity contribution in [2.45, 2.75) is 0 Å². The molecule has 0 bridgehead atoms. The molecule has 0 unspecified atom stereocenters. The van der Waals surface area contributed by atoms with Crippen molar-refractivity contribution in [1.29, 1.82) is 0 Å². The number of rotatable bonds is 1. The Kier molecular flexibility index (Phi) is 2.52. The van der Waals surface area contributed by atoms with E-state index in [2.05, 4.69) is 15.0 Å². The average Bonchev–Trinajstić information content (AvgIpc) is 2.57. The van der Waals surface area contributed by atoms with Crippen LogP contribution in [-0.2, 0) is 0 Å². The van der Waals surface area contributed by atoms with E-state index in [9.17, 15) is 4.79 Å². The molecule has 0 radical (unpaired) electrons. The number of nitrogens with zero attached hydrogens (tertiary/aromatic N) is 3. The van der Waals surface area contributed by atoms with Crippen LogP contribution in [0.25, 0.3) is 15.9 Å². The van der Waals surface area contributed by atoms with E-state index in [1.807, 2.05) is 31.1 Å². The Morgan fingerprint density at radius 1 is 1.44 bits per heavy atom. The molecule has 6 heteroatoms. The van der Waals surface area contributed by atoms with Crippen molar-refractivity contribution in [2.24, 2.45) is 4.99 Å². The zero-order valence-corrected chi connectivity index (χ0v) is 10.9. The lowest BCUT2D eigenvalue weighted by atomic mass is 10.2. The van der Waals surface area contributed by atoms with Crippen LogP contribution in [-0.4, -0.2) is 35.5 Å². The summed E-state index contributed by atoms with van der Waals surface area (Å²) in [5.74, 6) is 0. The third-order valence-electron chi connectivity index (χ3n) is 2.81. The highest BCUT2D eigenvalue weighted by Gasteiger charge is 2.12. The molecule has 2 aromatic rings. The Morgan fingerprint density at radius 2 is 2.28 bits per heavy atom. The van der Waals surface area contributed by atoms with Crippen LogP contribution in [0.4, 0.5) is 0 Å². The van der Waals surface area contributed by atoms with Gasteiger partial charge in [0.05, 0.1) is 23.6 Å². The summed E-state index contributed by atoms with van der Waals surface area (Å²) in [4.78, 5) is 25.2. The van der Waals surface area contributed by atoms with Crippen molar-refractivity contribution in [3.05, 3.63) is 38.7 Å². The summed E-state index contributed by atoms with van der Waals surface area (Å²) >= 11 is 1.40. The lowest BCUT2D eigenvalue weighted by Crippen LogP contribution is -2.27. The minimum Gasteiger partial charge on any atom is -0.377 e. The second-order valence-electron chi connectivity index (χ2n) is 4.21. The van der Waals surface area contributed by atoms with Gasteiger partial charge in [0.2, 0.25) is 0 Å². The van der Waals surface area contributed by atoms with E-state index in [1.54, 1.807) is 0 Å². The molecule has 1 N–H and O–H groups in total. The average molecular weight is 260 g/mol. The second-order valence-corrected chi connectivity index (χ2v) is 5.21. The lowest BCUT2D eigenvalue weighted by Gasteiger charge is -2.12. The topological polar surface area (TPSA) is 61.4 Å². The molecule has 5 nitrogen and oxygen atoms in total. The number of thiophene rings is 1. The van der Waals surface area contributed by atoms with Crippen molar-refractivity contribution in [1.82, 2.24) is 14.9 Å². The molecule has 18 heavy (non-hydrogen) atoms. The van der Waals surface area contributed by atoms with Gasteiger partial charge in [-0.3, -0.25) is 9.79 Å². The van der Waals surface area contributed by atoms with Gasteiger partial charge in [-0.05, 0) is 6.08 Å². The van der Waals surface area contributed by atoms with Crippen LogP contribution >= 0.6 is 11.3 Å². The first kappa shape index (κ1) is 11.2. The molecule has 0 fully saturated rings. The molecule has 92 valence electrons. The summed E-state index contributed by atoms with van der Waals surface area (Å²) < 4.78 is 1.52. The molecule has 1 aliphatic heterocycles. The summed E-state index contributed by atoms with van der Waals surface area (Å²) in [6, 6.07) is 0. The highest BCUT2D eigenvalue weighted by molar-refractivity contribution is 7.16. The molecule has 0 spiro atoms. The van der Waals surface area contributed by atoms with Crippen molar-refractivity contribution in [2.75, 3.05) is 20.6 Å². The maximum absolute atomic E-state index is 11.8. The van der Waals surface area contributed by atoms with Gasteiger partial charge in [-0.1, -0.05) is 6.08 Å². The van der Waals surface area contributed by atoms with Crippen molar-refractivity contribution in [3.8, 4) is 0 Å². The minimum atomic E-state index is -0.102. The minimum absolute atomic E-state index is 0.102. The van der Waals surface area contributed by atoms with E-state index in [0.29, 0.717) is 11.2 Å². The van der Waals surface area contributed by atoms with Crippen LogP contribution in [0.3, 0.4) is 0 Å². The van der Waals surface area contributed by atoms with E-state index < -0.39 is 0 Å². The van der Waals surface area contributed by atoms with E-state index in [-0.39, 0.29) is 5.56 Å². The first-order valence-electron chi connectivity index (χ1n) is 5.57. The molecule has 2 aromatic heterocycles. The van der Waals surface area contributed by atoms with Gasteiger partial charge in [0.25, 0.3) is 5.56 Å². The highest BCUT2D eigenvalue weighted by Crippen LogP contribution is 2.09. The van der Waals surface area contributed by atoms with Crippen molar-refractivity contribution >= 4 is 27.3 Å². The van der Waals surface area contributed by atoms with Gasteiger partial charge in [0.15, 0.2) is 0 Å². The Hall–Kier alpha value is -1.95. The molecule has 0 saturated carbocycles. The molecular weight excluding hydrogens is 248 g/mol. The Labute approximate surface area is 107 Å². The first-order chi connectivity index (χ1) is 8.68. The fourth-order valence-electron chi connectivity index (χ4n) is 2.01. The zero-order chi connectivity index (χ0) is 12.7. The van der Waals surface area contributed by atoms with Gasteiger partial charge in [-0.2, -0.15) is 0 Å². The van der Waals surface area contributed by atoms with Crippen molar-refractivity contribution < 1.29 is 0 Å². The summed E-state index contributed by atoms with van der Waals surface area (Å²) in [5.41, 5.74) is 1.67. The number of hydrogen-bond donors (Lipinski definition) is 1. The predicted molar refractivity (Wildman–Crippen MR) is 72.1 cm³/mol. The van der Waals surface area contributed by atoms with E-state index in [0.717, 1.165) is 21.1 Å². The predicted octanol–water partition coefficient (Wildman–Crippen LogP) is -0.156. The Balaban J connectivity index is 2.63. The smallest absolute Gasteiger partial charge is 0.268 e. The van der Waals surface area contributed by atoms with Crippen LogP contribution in [0, 0.1) is 0 Å². The normalized spacial score (nSPS) is 14.2. The molecule has 0 atom stereocenters. The number of fused-ring (bicyclic) bond motifs is 3. The quantitative estimate of drug-likeness (QED) is 0.775. The molecule has 0 amide bonds. The summed E-state index contributed by atoms with van der Waals surface area (Å²) in [6.45, 7) is 0.634. The molecular formula is C12H12N4OS. The van der Waals surface area contributed by atoms with Gasteiger partial charge in [0.1, 0.15) is 9.37 Å². The summed E-state index contributed by atoms with van der Waals surface area (Å²) in [7, 11) is 3.96. The monoisotopic (exact) mass is 260 g/mol. The van der Waals surface area contributed by atoms with Crippen LogP contribution < -0.4 is 15.4 Å². The van der Waals surface area contributed by atoms with Crippen molar-refractivity contribution in [3.63, 3.8) is 0 Å². The van der Waals surface area contributed by atoms with Crippen LogP contribution in [0.5, 0.6) is 0 Å². The van der Waals surface area contributed by atoms with Crippen LogP contribution in [0.1, 0.15) is 0 Å². The molecule has 3 heterocycles. The van der Waals surface area contributed by atoms with E-state index >= 15 is 0 Å². The van der Waals surface area contributed by atoms with Gasteiger partial charge >= 0.3 is 0 Å². The lowest BCUT2D eigenvalue weighted by molar-refractivity contribution is 0.592. The Bertz CT molecular complexity index is 813. The van der Waals surface area contributed by atoms with Crippen LogP contribution in [0.2, 0.25) is 0 Å². The number of likely N-dealkylation sites (N-methyl/N-ethyl adjacent to an activating group) is 1. The maximum atomic E-state index is 11.8. The van der Waals surface area contributed by atoms with Gasteiger partial charge in [-0.15, -0.1) is 11.3 Å². The summed E-state index contributed by atoms with van der Waals surface area (Å²) in [5, 5.41) is 0.958. The Morgan fingerprint density at radius 3 is 3.06 bits per heavy atom. The van der Waals surface area contributed by atoms with Gasteiger partial charge in [0, 0.05) is 19.8 Å². The van der Waals surface area contributed by atoms with E-state index in [1.165, 1.54) is 17.7 Å². The molecule has 1 aliphatic rings. The fraction of sp³-hybridized carbons (Fsp3) is 0.250. The third-order valence-corrected chi connectivity index (χ3v) is 3.92. The second kappa shape index (κ2) is 4.06. The number of aromatic nitrogens is 2.